The van der Waals surface area contributed by atoms with Gasteiger partial charge in [-0.1, -0.05) is 31.5 Å². The van der Waals surface area contributed by atoms with Gasteiger partial charge in [-0.2, -0.15) is 0 Å². The smallest absolute Gasteiger partial charge is 0.419 e. The molecule has 0 bridgehead atoms. The van der Waals surface area contributed by atoms with Crippen molar-refractivity contribution in [1.29, 1.82) is 0 Å². The third-order valence-electron chi connectivity index (χ3n) is 6.33. The Hall–Kier alpha value is -3.21. The minimum Gasteiger partial charge on any atom is -0.481 e. The molecule has 1 fully saturated rings. The highest BCUT2D eigenvalue weighted by Gasteiger charge is 2.35. The molecule has 0 radical (unpaired) electrons. The number of aliphatic carboxylic acids is 1. The molecule has 3 atom stereocenters. The van der Waals surface area contributed by atoms with Crippen molar-refractivity contribution in [3.05, 3.63) is 36.0 Å². The van der Waals surface area contributed by atoms with Gasteiger partial charge in [-0.25, -0.2) is 4.79 Å². The lowest BCUT2D eigenvalue weighted by atomic mass is 10.0. The van der Waals surface area contributed by atoms with Crippen LogP contribution in [0.15, 0.2) is 30.3 Å². The van der Waals surface area contributed by atoms with Crippen LogP contribution in [0.25, 0.3) is 10.9 Å². The van der Waals surface area contributed by atoms with Crippen molar-refractivity contribution in [2.24, 2.45) is 13.0 Å². The second-order valence-electron chi connectivity index (χ2n) is 8.93. The number of amides is 3. The predicted molar refractivity (Wildman–Crippen MR) is 138 cm³/mol. The number of hydrogen-bond donors (Lipinski definition) is 4. The maximum atomic E-state index is 13.2. The molecule has 2 aromatic rings. The van der Waals surface area contributed by atoms with Crippen LogP contribution in [-0.4, -0.2) is 57.9 Å². The van der Waals surface area contributed by atoms with Crippen molar-refractivity contribution in [2.45, 2.75) is 57.5 Å². The topological polar surface area (TPSA) is 139 Å². The molecule has 4 N–H and O–H groups in total. The lowest BCUT2D eigenvalue weighted by Gasteiger charge is -2.23. The van der Waals surface area contributed by atoms with Gasteiger partial charge in [0.1, 0.15) is 11.7 Å². The first-order valence-electron chi connectivity index (χ1n) is 12.3. The van der Waals surface area contributed by atoms with Crippen molar-refractivity contribution in [2.75, 3.05) is 12.3 Å². The Kier molecular flexibility index (Phi) is 10.0. The number of nitrogens with zero attached hydrogens (tertiary/aromatic N) is 1. The number of carbonyl (C=O) groups excluding carboxylic acids is 3. The minimum absolute atomic E-state index is 0.258. The molecule has 10 nitrogen and oxygen atoms in total. The van der Waals surface area contributed by atoms with Gasteiger partial charge >= 0.3 is 12.1 Å². The zero-order valence-corrected chi connectivity index (χ0v) is 21.4. The predicted octanol–water partition coefficient (Wildman–Crippen LogP) is 3.21. The van der Waals surface area contributed by atoms with E-state index in [0.717, 1.165) is 35.8 Å². The molecule has 0 spiro atoms. The first-order chi connectivity index (χ1) is 17.3. The summed E-state index contributed by atoms with van der Waals surface area (Å²) < 4.78 is 6.75. The van der Waals surface area contributed by atoms with Gasteiger partial charge in [-0.05, 0) is 44.2 Å². The summed E-state index contributed by atoms with van der Waals surface area (Å²) in [4.78, 5) is 49.6. The van der Waals surface area contributed by atoms with Crippen LogP contribution in [0.4, 0.5) is 4.79 Å². The van der Waals surface area contributed by atoms with Gasteiger partial charge in [0, 0.05) is 36.3 Å². The van der Waals surface area contributed by atoms with Crippen molar-refractivity contribution < 1.29 is 28.5 Å². The molecule has 196 valence electrons. The quantitative estimate of drug-likeness (QED) is 0.250. The highest BCUT2D eigenvalue weighted by Crippen LogP contribution is 2.26. The summed E-state index contributed by atoms with van der Waals surface area (Å²) in [5, 5.41) is 18.6. The van der Waals surface area contributed by atoms with E-state index in [-0.39, 0.29) is 13.0 Å². The molecule has 36 heavy (non-hydrogen) atoms. The van der Waals surface area contributed by atoms with E-state index >= 15 is 0 Å². The number of carbonyl (C=O) groups is 4. The van der Waals surface area contributed by atoms with Gasteiger partial charge in [0.2, 0.25) is 5.91 Å². The van der Waals surface area contributed by atoms with E-state index in [2.05, 4.69) is 16.0 Å². The van der Waals surface area contributed by atoms with Crippen LogP contribution in [-0.2, 0) is 20.8 Å². The number of para-hydroxylation sites is 1. The molecule has 1 aromatic carbocycles. The number of benzene rings is 1. The molecule has 3 unspecified atom stereocenters. The average Bonchev–Trinajstić information content (AvgIpc) is 3.45. The van der Waals surface area contributed by atoms with Crippen LogP contribution < -0.4 is 16.0 Å². The summed E-state index contributed by atoms with van der Waals surface area (Å²) >= 11 is 1.08. The molecule has 1 aliphatic rings. The van der Waals surface area contributed by atoms with E-state index in [0.29, 0.717) is 30.7 Å². The highest BCUT2D eigenvalue weighted by atomic mass is 32.2. The Morgan fingerprint density at radius 2 is 2.00 bits per heavy atom. The van der Waals surface area contributed by atoms with E-state index in [1.165, 1.54) is 0 Å². The molecule has 1 aromatic heterocycles. The van der Waals surface area contributed by atoms with Gasteiger partial charge < -0.3 is 29.8 Å². The summed E-state index contributed by atoms with van der Waals surface area (Å²) in [6, 6.07) is 7.99. The number of aryl methyl sites for hydroxylation is 1. The van der Waals surface area contributed by atoms with Gasteiger partial charge in [-0.15, -0.1) is 0 Å². The number of rotatable bonds is 12. The number of carboxylic acids is 1. The zero-order chi connectivity index (χ0) is 26.1. The van der Waals surface area contributed by atoms with Gasteiger partial charge in [0.05, 0.1) is 18.0 Å². The molecule has 1 heterocycles. The first-order valence-corrected chi connectivity index (χ1v) is 13.2. The van der Waals surface area contributed by atoms with Crippen molar-refractivity contribution in [1.82, 2.24) is 20.5 Å². The SMILES string of the molecule is CCCSOC(=O)NCCCC(NC(=O)c1cc2ccccc2n1C)C(=O)NC1CCCC1C(=O)O. The lowest BCUT2D eigenvalue weighted by Crippen LogP contribution is -2.51. The van der Waals surface area contributed by atoms with Crippen LogP contribution >= 0.6 is 12.0 Å². The van der Waals surface area contributed by atoms with Crippen molar-refractivity contribution in [3.8, 4) is 0 Å². The Labute approximate surface area is 214 Å². The molecule has 3 amide bonds. The highest BCUT2D eigenvalue weighted by molar-refractivity contribution is 7.95. The number of fused-ring (bicyclic) bond motifs is 1. The second-order valence-corrected chi connectivity index (χ2v) is 9.74. The fourth-order valence-corrected chi connectivity index (χ4v) is 4.84. The van der Waals surface area contributed by atoms with E-state index in [1.54, 1.807) is 17.7 Å². The number of aromatic nitrogens is 1. The van der Waals surface area contributed by atoms with E-state index < -0.39 is 41.9 Å². The minimum atomic E-state index is -0.933. The van der Waals surface area contributed by atoms with Gasteiger partial charge in [-0.3, -0.25) is 14.4 Å². The Morgan fingerprint density at radius 1 is 1.22 bits per heavy atom. The monoisotopic (exact) mass is 518 g/mol. The Bertz CT molecular complexity index is 1090. The molecule has 11 heteroatoms. The summed E-state index contributed by atoms with van der Waals surface area (Å²) in [5.74, 6) is -1.70. The average molecular weight is 519 g/mol. The fourth-order valence-electron chi connectivity index (χ4n) is 4.42. The Balaban J connectivity index is 1.65. The standard InChI is InChI=1S/C25H34N4O6S/c1-3-14-36-35-25(34)26-13-7-11-19(22(30)27-18-10-6-9-17(18)24(32)33)28-23(31)21-15-16-8-4-5-12-20(16)29(21)2/h4-5,8,12,15,17-19H,3,6-7,9-11,13-14H2,1-2H3,(H,26,34)(H,27,30)(H,28,31)(H,32,33). The second kappa shape index (κ2) is 13.2. The number of nitrogens with one attached hydrogen (secondary N) is 3. The van der Waals surface area contributed by atoms with Crippen molar-refractivity contribution >= 4 is 46.8 Å². The molecule has 1 aliphatic carbocycles. The number of hydrogen-bond acceptors (Lipinski definition) is 6. The first kappa shape index (κ1) is 27.4. The molecular formula is C25H34N4O6S. The van der Waals surface area contributed by atoms with Crippen LogP contribution in [0.1, 0.15) is 55.9 Å². The molecule has 3 rings (SSSR count). The summed E-state index contributed by atoms with van der Waals surface area (Å²) in [6.07, 6.45) is 2.81. The van der Waals surface area contributed by atoms with Gasteiger partial charge in [0.25, 0.3) is 5.91 Å². The zero-order valence-electron chi connectivity index (χ0n) is 20.6. The summed E-state index contributed by atoms with van der Waals surface area (Å²) in [6.45, 7) is 2.25. The normalized spacial score (nSPS) is 17.9. The van der Waals surface area contributed by atoms with Crippen molar-refractivity contribution in [3.63, 3.8) is 0 Å². The van der Waals surface area contributed by atoms with E-state index in [4.69, 9.17) is 4.18 Å². The third-order valence-corrected chi connectivity index (χ3v) is 7.17. The molecular weight excluding hydrogens is 484 g/mol. The number of carboxylic acid groups (broad SMARTS) is 1. The van der Waals surface area contributed by atoms with E-state index in [1.807, 2.05) is 31.2 Å². The molecule has 1 saturated carbocycles. The van der Waals surface area contributed by atoms with Crippen LogP contribution in [0.5, 0.6) is 0 Å². The van der Waals surface area contributed by atoms with Gasteiger partial charge in [0.15, 0.2) is 0 Å². The summed E-state index contributed by atoms with van der Waals surface area (Å²) in [7, 11) is 1.79. The van der Waals surface area contributed by atoms with E-state index in [9.17, 15) is 24.3 Å². The fraction of sp³-hybridized carbons (Fsp3) is 0.520. The lowest BCUT2D eigenvalue weighted by molar-refractivity contribution is -0.142. The molecule has 0 saturated heterocycles. The van der Waals surface area contributed by atoms with Crippen LogP contribution in [0.3, 0.4) is 0 Å². The summed E-state index contributed by atoms with van der Waals surface area (Å²) in [5.41, 5.74) is 1.30. The third kappa shape index (κ3) is 7.16. The van der Waals surface area contributed by atoms with Crippen LogP contribution in [0.2, 0.25) is 0 Å². The molecule has 0 aliphatic heterocycles. The largest absolute Gasteiger partial charge is 0.481 e. The van der Waals surface area contributed by atoms with Crippen LogP contribution in [0, 0.1) is 5.92 Å². The Morgan fingerprint density at radius 3 is 2.72 bits per heavy atom. The maximum absolute atomic E-state index is 13.2. The maximum Gasteiger partial charge on any atom is 0.419 e.